The molecule has 10 heteroatoms. The molecule has 2 aromatic carbocycles. The van der Waals surface area contributed by atoms with Crippen LogP contribution in [0.2, 0.25) is 5.02 Å². The summed E-state index contributed by atoms with van der Waals surface area (Å²) in [6.45, 7) is 1.35. The summed E-state index contributed by atoms with van der Waals surface area (Å²) in [4.78, 5) is 24.0. The van der Waals surface area contributed by atoms with Crippen molar-refractivity contribution in [3.05, 3.63) is 70.6 Å². The van der Waals surface area contributed by atoms with Gasteiger partial charge in [-0.15, -0.1) is 11.3 Å². The molecule has 0 fully saturated rings. The second kappa shape index (κ2) is 8.64. The maximum Gasteiger partial charge on any atom is 0.271 e. The monoisotopic (exact) mass is 449 g/mol. The molecule has 0 atom stereocenters. The van der Waals surface area contributed by atoms with E-state index >= 15 is 0 Å². The van der Waals surface area contributed by atoms with Crippen LogP contribution >= 0.6 is 22.9 Å². The Balaban J connectivity index is 1.82. The number of hydrogen-bond donors (Lipinski definition) is 3. The zero-order valence-electron chi connectivity index (χ0n) is 15.1. The first-order valence-electron chi connectivity index (χ1n) is 8.29. The van der Waals surface area contributed by atoms with Crippen molar-refractivity contribution in [3.63, 3.8) is 0 Å². The number of halogens is 1. The summed E-state index contributed by atoms with van der Waals surface area (Å²) in [6, 6.07) is 13.9. The van der Waals surface area contributed by atoms with Crippen LogP contribution in [-0.2, 0) is 14.8 Å². The van der Waals surface area contributed by atoms with Gasteiger partial charge in [-0.05, 0) is 47.8 Å². The van der Waals surface area contributed by atoms with Gasteiger partial charge in [-0.1, -0.05) is 23.7 Å². The quantitative estimate of drug-likeness (QED) is 0.518. The summed E-state index contributed by atoms with van der Waals surface area (Å²) in [6.07, 6.45) is 0. The number of thiophene rings is 1. The Labute approximate surface area is 176 Å². The van der Waals surface area contributed by atoms with Gasteiger partial charge in [-0.3, -0.25) is 14.3 Å². The van der Waals surface area contributed by atoms with Crippen molar-refractivity contribution in [1.29, 1.82) is 0 Å². The molecule has 0 aliphatic heterocycles. The van der Waals surface area contributed by atoms with Gasteiger partial charge in [0, 0.05) is 23.2 Å². The van der Waals surface area contributed by atoms with Crippen molar-refractivity contribution in [2.24, 2.45) is 0 Å². The van der Waals surface area contributed by atoms with Crippen LogP contribution < -0.4 is 15.4 Å². The highest BCUT2D eigenvalue weighted by Gasteiger charge is 2.16. The maximum atomic E-state index is 12.7. The highest BCUT2D eigenvalue weighted by Crippen LogP contribution is 2.27. The van der Waals surface area contributed by atoms with Gasteiger partial charge >= 0.3 is 0 Å². The maximum absolute atomic E-state index is 12.7. The Morgan fingerprint density at radius 1 is 0.966 bits per heavy atom. The average molecular weight is 450 g/mol. The van der Waals surface area contributed by atoms with E-state index in [1.54, 1.807) is 41.8 Å². The number of nitrogens with one attached hydrogen (secondary N) is 3. The fourth-order valence-corrected chi connectivity index (χ4v) is 4.67. The molecule has 0 saturated heterocycles. The number of carbonyl (C=O) groups is 2. The number of sulfonamides is 1. The minimum atomic E-state index is -3.73. The van der Waals surface area contributed by atoms with Crippen LogP contribution in [0.3, 0.4) is 0 Å². The van der Waals surface area contributed by atoms with Crippen molar-refractivity contribution in [2.75, 3.05) is 15.4 Å². The molecule has 0 aliphatic carbocycles. The van der Waals surface area contributed by atoms with E-state index in [2.05, 4.69) is 15.4 Å². The van der Waals surface area contributed by atoms with Gasteiger partial charge in [0.05, 0.1) is 11.4 Å². The van der Waals surface area contributed by atoms with Crippen LogP contribution in [0.15, 0.2) is 64.2 Å². The van der Waals surface area contributed by atoms with E-state index < -0.39 is 15.9 Å². The Morgan fingerprint density at radius 3 is 2.45 bits per heavy atom. The Bertz CT molecular complexity index is 1160. The average Bonchev–Trinajstić information content (AvgIpc) is 3.19. The molecule has 29 heavy (non-hydrogen) atoms. The molecule has 0 bridgehead atoms. The summed E-state index contributed by atoms with van der Waals surface area (Å²) in [7, 11) is -3.73. The molecule has 3 N–H and O–H groups in total. The number of rotatable bonds is 6. The van der Waals surface area contributed by atoms with Crippen LogP contribution in [0, 0.1) is 0 Å². The van der Waals surface area contributed by atoms with Crippen molar-refractivity contribution in [3.8, 4) is 0 Å². The standard InChI is InChI=1S/C19H16ClN3O4S2/c1-12(24)21-16-8-7-14(20)11-17(16)22-19(25)13-4-2-5-15(10-13)23-29(26,27)18-6-3-9-28-18/h2-11,23H,1H3,(H,21,24)(H,22,25). The molecule has 2 amide bonds. The molecule has 0 unspecified atom stereocenters. The molecular formula is C19H16ClN3O4S2. The largest absolute Gasteiger partial charge is 0.325 e. The number of benzene rings is 2. The molecule has 0 spiro atoms. The van der Waals surface area contributed by atoms with Gasteiger partial charge in [0.2, 0.25) is 5.91 Å². The van der Waals surface area contributed by atoms with Crippen LogP contribution in [0.5, 0.6) is 0 Å². The molecule has 0 radical (unpaired) electrons. The lowest BCUT2D eigenvalue weighted by Gasteiger charge is -2.13. The molecule has 0 saturated carbocycles. The zero-order valence-corrected chi connectivity index (χ0v) is 17.5. The minimum absolute atomic E-state index is 0.172. The van der Waals surface area contributed by atoms with Gasteiger partial charge in [-0.25, -0.2) is 8.42 Å². The van der Waals surface area contributed by atoms with Crippen LogP contribution in [0.4, 0.5) is 17.1 Å². The Hall–Kier alpha value is -2.88. The first-order chi connectivity index (χ1) is 13.7. The smallest absolute Gasteiger partial charge is 0.271 e. The summed E-state index contributed by atoms with van der Waals surface area (Å²) >= 11 is 7.08. The highest BCUT2D eigenvalue weighted by molar-refractivity contribution is 7.94. The van der Waals surface area contributed by atoms with Crippen LogP contribution in [0.1, 0.15) is 17.3 Å². The lowest BCUT2D eigenvalue weighted by molar-refractivity contribution is -0.114. The van der Waals surface area contributed by atoms with E-state index in [4.69, 9.17) is 11.6 Å². The van der Waals surface area contributed by atoms with Crippen LogP contribution in [-0.4, -0.2) is 20.2 Å². The molecule has 1 heterocycles. The number of carbonyl (C=O) groups excluding carboxylic acids is 2. The van der Waals surface area contributed by atoms with Gasteiger partial charge in [-0.2, -0.15) is 0 Å². The van der Waals surface area contributed by atoms with Gasteiger partial charge in [0.15, 0.2) is 0 Å². The lowest BCUT2D eigenvalue weighted by atomic mass is 10.2. The van der Waals surface area contributed by atoms with E-state index in [1.165, 1.54) is 25.1 Å². The van der Waals surface area contributed by atoms with E-state index in [-0.39, 0.29) is 21.4 Å². The number of anilines is 3. The molecule has 150 valence electrons. The molecule has 3 rings (SSSR count). The first-order valence-corrected chi connectivity index (χ1v) is 11.0. The number of amides is 2. The first kappa shape index (κ1) is 20.8. The minimum Gasteiger partial charge on any atom is -0.325 e. The Kier molecular flexibility index (Phi) is 6.21. The second-order valence-electron chi connectivity index (χ2n) is 5.94. The third-order valence-corrected chi connectivity index (χ3v) is 6.69. The van der Waals surface area contributed by atoms with E-state index in [0.717, 1.165) is 11.3 Å². The Morgan fingerprint density at radius 2 is 1.76 bits per heavy atom. The van der Waals surface area contributed by atoms with Gasteiger partial charge in [0.1, 0.15) is 4.21 Å². The number of hydrogen-bond acceptors (Lipinski definition) is 5. The summed E-state index contributed by atoms with van der Waals surface area (Å²) in [5.41, 5.74) is 1.19. The predicted octanol–water partition coefficient (Wildman–Crippen LogP) is 4.41. The topological polar surface area (TPSA) is 104 Å². The van der Waals surface area contributed by atoms with Crippen molar-refractivity contribution < 1.29 is 18.0 Å². The van der Waals surface area contributed by atoms with E-state index in [0.29, 0.717) is 16.4 Å². The second-order valence-corrected chi connectivity index (χ2v) is 9.24. The fraction of sp³-hybridized carbons (Fsp3) is 0.0526. The summed E-state index contributed by atoms with van der Waals surface area (Å²) in [5, 5.41) is 7.33. The van der Waals surface area contributed by atoms with Gasteiger partial charge < -0.3 is 10.6 Å². The summed E-state index contributed by atoms with van der Waals surface area (Å²) in [5.74, 6) is -0.788. The third-order valence-electron chi connectivity index (χ3n) is 3.68. The fourth-order valence-electron chi connectivity index (χ4n) is 2.46. The van der Waals surface area contributed by atoms with E-state index in [1.807, 2.05) is 0 Å². The molecule has 0 aliphatic rings. The lowest BCUT2D eigenvalue weighted by Crippen LogP contribution is -2.16. The van der Waals surface area contributed by atoms with Crippen molar-refractivity contribution in [2.45, 2.75) is 11.1 Å². The molecular weight excluding hydrogens is 434 g/mol. The van der Waals surface area contributed by atoms with E-state index in [9.17, 15) is 18.0 Å². The van der Waals surface area contributed by atoms with Gasteiger partial charge in [0.25, 0.3) is 15.9 Å². The normalized spacial score (nSPS) is 11.0. The summed E-state index contributed by atoms with van der Waals surface area (Å²) < 4.78 is 27.4. The molecule has 1 aromatic heterocycles. The third kappa shape index (κ3) is 5.35. The van der Waals surface area contributed by atoms with Crippen LogP contribution in [0.25, 0.3) is 0 Å². The van der Waals surface area contributed by atoms with Crippen molar-refractivity contribution >= 4 is 61.8 Å². The SMILES string of the molecule is CC(=O)Nc1ccc(Cl)cc1NC(=O)c1cccc(NS(=O)(=O)c2cccs2)c1. The van der Waals surface area contributed by atoms with Crippen molar-refractivity contribution in [1.82, 2.24) is 0 Å². The molecule has 3 aromatic rings. The molecule has 7 nitrogen and oxygen atoms in total. The highest BCUT2D eigenvalue weighted by atomic mass is 35.5. The predicted molar refractivity (Wildman–Crippen MR) is 115 cm³/mol. The zero-order chi connectivity index (χ0) is 21.0.